The number of ether oxygens (including phenoxy) is 1. The van der Waals surface area contributed by atoms with E-state index in [9.17, 15) is 9.59 Å². The molecule has 25 heavy (non-hydrogen) atoms. The zero-order valence-electron chi connectivity index (χ0n) is 14.4. The van der Waals surface area contributed by atoms with Crippen LogP contribution in [-0.2, 0) is 11.3 Å². The Morgan fingerprint density at radius 2 is 1.68 bits per heavy atom. The summed E-state index contributed by atoms with van der Waals surface area (Å²) in [6, 6.07) is 14.0. The standard InChI is InChI=1S/C19H21ClN2O3/c1-19(2,3)25-18(24)21-12-13-8-10-14(11-9-13)17(23)22-16-7-5-4-6-15(16)20/h4-11H,12H2,1-3H3,(H,21,24)(H,22,23). The van der Waals surface area contributed by atoms with Gasteiger partial charge in [-0.3, -0.25) is 4.79 Å². The summed E-state index contributed by atoms with van der Waals surface area (Å²) in [5.74, 6) is -0.250. The van der Waals surface area contributed by atoms with E-state index in [1.165, 1.54) is 0 Å². The number of anilines is 1. The zero-order chi connectivity index (χ0) is 18.4. The summed E-state index contributed by atoms with van der Waals surface area (Å²) in [7, 11) is 0. The predicted molar refractivity (Wildman–Crippen MR) is 98.9 cm³/mol. The SMILES string of the molecule is CC(C)(C)OC(=O)NCc1ccc(C(=O)Nc2ccccc2Cl)cc1. The van der Waals surface area contributed by atoms with E-state index < -0.39 is 11.7 Å². The third-order valence-electron chi connectivity index (χ3n) is 3.17. The Balaban J connectivity index is 1.92. The Hall–Kier alpha value is -2.53. The van der Waals surface area contributed by atoms with E-state index in [0.717, 1.165) is 5.56 Å². The highest BCUT2D eigenvalue weighted by atomic mass is 35.5. The third-order valence-corrected chi connectivity index (χ3v) is 3.50. The number of hydrogen-bond acceptors (Lipinski definition) is 3. The molecule has 0 radical (unpaired) electrons. The van der Waals surface area contributed by atoms with E-state index in [4.69, 9.17) is 16.3 Å². The van der Waals surface area contributed by atoms with Crippen LogP contribution < -0.4 is 10.6 Å². The van der Waals surface area contributed by atoms with Crippen LogP contribution in [0, 0.1) is 0 Å². The summed E-state index contributed by atoms with van der Waals surface area (Å²) >= 11 is 6.03. The van der Waals surface area contributed by atoms with Crippen LogP contribution in [0.15, 0.2) is 48.5 Å². The molecule has 0 saturated carbocycles. The molecule has 0 aromatic heterocycles. The van der Waals surface area contributed by atoms with Crippen LogP contribution in [0.3, 0.4) is 0 Å². The van der Waals surface area contributed by atoms with Gasteiger partial charge in [0, 0.05) is 12.1 Å². The van der Waals surface area contributed by atoms with Crippen molar-refractivity contribution in [1.82, 2.24) is 5.32 Å². The summed E-state index contributed by atoms with van der Waals surface area (Å²) in [6.45, 7) is 5.73. The van der Waals surface area contributed by atoms with Gasteiger partial charge in [-0.2, -0.15) is 0 Å². The molecule has 0 atom stereocenters. The molecule has 5 nitrogen and oxygen atoms in total. The van der Waals surface area contributed by atoms with Crippen molar-refractivity contribution in [3.05, 3.63) is 64.7 Å². The third kappa shape index (κ3) is 6.12. The smallest absolute Gasteiger partial charge is 0.407 e. The number of nitrogens with one attached hydrogen (secondary N) is 2. The van der Waals surface area contributed by atoms with Gasteiger partial charge in [0.05, 0.1) is 10.7 Å². The lowest BCUT2D eigenvalue weighted by Crippen LogP contribution is -2.32. The second kappa shape index (κ2) is 8.03. The molecule has 0 fully saturated rings. The fourth-order valence-electron chi connectivity index (χ4n) is 2.02. The van der Waals surface area contributed by atoms with Gasteiger partial charge in [0.15, 0.2) is 0 Å². The number of alkyl carbamates (subject to hydrolysis) is 1. The van der Waals surface area contributed by atoms with E-state index >= 15 is 0 Å². The van der Waals surface area contributed by atoms with Crippen molar-refractivity contribution in [2.24, 2.45) is 0 Å². The van der Waals surface area contributed by atoms with Gasteiger partial charge in [-0.15, -0.1) is 0 Å². The first-order chi connectivity index (χ1) is 11.7. The molecule has 0 unspecified atom stereocenters. The molecule has 2 aromatic carbocycles. The van der Waals surface area contributed by atoms with E-state index in [1.807, 2.05) is 0 Å². The maximum atomic E-state index is 12.2. The lowest BCUT2D eigenvalue weighted by atomic mass is 10.1. The topological polar surface area (TPSA) is 67.4 Å². The largest absolute Gasteiger partial charge is 0.444 e. The second-order valence-electron chi connectivity index (χ2n) is 6.49. The number of para-hydroxylation sites is 1. The molecule has 0 heterocycles. The van der Waals surface area contributed by atoms with Crippen LogP contribution in [0.2, 0.25) is 5.02 Å². The van der Waals surface area contributed by atoms with Gasteiger partial charge >= 0.3 is 6.09 Å². The minimum absolute atomic E-state index is 0.250. The van der Waals surface area contributed by atoms with Crippen LogP contribution in [0.5, 0.6) is 0 Å². The Bertz CT molecular complexity index is 752. The van der Waals surface area contributed by atoms with Crippen molar-refractivity contribution in [2.45, 2.75) is 32.9 Å². The maximum absolute atomic E-state index is 12.2. The van der Waals surface area contributed by atoms with E-state index in [0.29, 0.717) is 22.8 Å². The van der Waals surface area contributed by atoms with Crippen molar-refractivity contribution < 1.29 is 14.3 Å². The summed E-state index contributed by atoms with van der Waals surface area (Å²) < 4.78 is 5.17. The second-order valence-corrected chi connectivity index (χ2v) is 6.89. The molecule has 2 aromatic rings. The quantitative estimate of drug-likeness (QED) is 0.836. The fourth-order valence-corrected chi connectivity index (χ4v) is 2.20. The minimum atomic E-state index is -0.537. The number of rotatable bonds is 4. The molecule has 0 aliphatic heterocycles. The van der Waals surface area contributed by atoms with E-state index in [1.54, 1.807) is 69.3 Å². The molecule has 0 aliphatic rings. The monoisotopic (exact) mass is 360 g/mol. The van der Waals surface area contributed by atoms with E-state index in [-0.39, 0.29) is 5.91 Å². The summed E-state index contributed by atoms with van der Waals surface area (Å²) in [6.07, 6.45) is -0.479. The number of halogens is 1. The van der Waals surface area contributed by atoms with Crippen LogP contribution in [-0.4, -0.2) is 17.6 Å². The first kappa shape index (κ1) is 18.8. The minimum Gasteiger partial charge on any atom is -0.444 e. The van der Waals surface area contributed by atoms with Gasteiger partial charge in [0.1, 0.15) is 5.60 Å². The average molecular weight is 361 g/mol. The molecule has 2 amide bonds. The fraction of sp³-hybridized carbons (Fsp3) is 0.263. The molecular weight excluding hydrogens is 340 g/mol. The first-order valence-electron chi connectivity index (χ1n) is 7.86. The summed E-state index contributed by atoms with van der Waals surface area (Å²) in [5.41, 5.74) is 1.39. The Morgan fingerprint density at radius 1 is 1.04 bits per heavy atom. The van der Waals surface area contributed by atoms with Gasteiger partial charge in [0.2, 0.25) is 0 Å². The van der Waals surface area contributed by atoms with Crippen LogP contribution in [0.25, 0.3) is 0 Å². The Kier molecular flexibility index (Phi) is 6.04. The van der Waals surface area contributed by atoms with Crippen molar-refractivity contribution in [1.29, 1.82) is 0 Å². The van der Waals surface area contributed by atoms with Crippen LogP contribution >= 0.6 is 11.6 Å². The molecule has 6 heteroatoms. The van der Waals surface area contributed by atoms with Crippen LogP contribution in [0.4, 0.5) is 10.5 Å². The highest BCUT2D eigenvalue weighted by molar-refractivity contribution is 6.33. The maximum Gasteiger partial charge on any atom is 0.407 e. The zero-order valence-corrected chi connectivity index (χ0v) is 15.2. The molecular formula is C19H21ClN2O3. The molecule has 0 bridgehead atoms. The van der Waals surface area contributed by atoms with Gasteiger partial charge in [-0.05, 0) is 50.6 Å². The number of amides is 2. The highest BCUT2D eigenvalue weighted by Crippen LogP contribution is 2.21. The Labute approximate surface area is 152 Å². The lowest BCUT2D eigenvalue weighted by Gasteiger charge is -2.19. The van der Waals surface area contributed by atoms with Crippen LogP contribution in [0.1, 0.15) is 36.7 Å². The van der Waals surface area contributed by atoms with Crippen molar-refractivity contribution in [3.8, 4) is 0 Å². The van der Waals surface area contributed by atoms with Gasteiger partial charge in [-0.1, -0.05) is 35.9 Å². The average Bonchev–Trinajstić information content (AvgIpc) is 2.54. The number of hydrogen-bond donors (Lipinski definition) is 2. The van der Waals surface area contributed by atoms with Gasteiger partial charge in [-0.25, -0.2) is 4.79 Å². The number of carbonyl (C=O) groups excluding carboxylic acids is 2. The highest BCUT2D eigenvalue weighted by Gasteiger charge is 2.15. The van der Waals surface area contributed by atoms with E-state index in [2.05, 4.69) is 10.6 Å². The van der Waals surface area contributed by atoms with Crippen molar-refractivity contribution >= 4 is 29.3 Å². The first-order valence-corrected chi connectivity index (χ1v) is 8.24. The number of carbonyl (C=O) groups is 2. The van der Waals surface area contributed by atoms with Crippen molar-refractivity contribution in [2.75, 3.05) is 5.32 Å². The molecule has 132 valence electrons. The predicted octanol–water partition coefficient (Wildman–Crippen LogP) is 4.62. The van der Waals surface area contributed by atoms with Crippen molar-refractivity contribution in [3.63, 3.8) is 0 Å². The number of benzene rings is 2. The molecule has 2 rings (SSSR count). The van der Waals surface area contributed by atoms with Gasteiger partial charge < -0.3 is 15.4 Å². The summed E-state index contributed by atoms with van der Waals surface area (Å²) in [4.78, 5) is 23.9. The summed E-state index contributed by atoms with van der Waals surface area (Å²) in [5, 5.41) is 5.91. The molecule has 0 spiro atoms. The normalized spacial score (nSPS) is 10.9. The molecule has 0 saturated heterocycles. The Morgan fingerprint density at radius 3 is 2.28 bits per heavy atom. The lowest BCUT2D eigenvalue weighted by molar-refractivity contribution is 0.0523. The van der Waals surface area contributed by atoms with Gasteiger partial charge in [0.25, 0.3) is 5.91 Å². The molecule has 2 N–H and O–H groups in total. The molecule has 0 aliphatic carbocycles.